The van der Waals surface area contributed by atoms with Crippen molar-refractivity contribution in [3.8, 4) is 5.75 Å². The number of carbonyl (C=O) groups excluding carboxylic acids is 2. The van der Waals surface area contributed by atoms with E-state index in [-0.39, 0.29) is 18.4 Å². The van der Waals surface area contributed by atoms with Gasteiger partial charge in [0.2, 0.25) is 0 Å². The Morgan fingerprint density at radius 3 is 2.46 bits per heavy atom. The molecule has 1 aliphatic rings. The Hall–Kier alpha value is -2.38. The van der Waals surface area contributed by atoms with E-state index in [4.69, 9.17) is 9.47 Å². The van der Waals surface area contributed by atoms with E-state index in [2.05, 4.69) is 21.2 Å². The SMILES string of the molecule is Cc1cc(Br)cc(C)c1NC(=O)c1ccccc1OCC(=O)N1CCOCC1. The van der Waals surface area contributed by atoms with Gasteiger partial charge in [-0.05, 0) is 49.2 Å². The van der Waals surface area contributed by atoms with Crippen LogP contribution in [0.25, 0.3) is 0 Å². The molecular weight excluding hydrogens is 424 g/mol. The number of para-hydroxylation sites is 1. The number of halogens is 1. The molecule has 1 heterocycles. The van der Waals surface area contributed by atoms with E-state index >= 15 is 0 Å². The molecular formula is C21H23BrN2O4. The molecule has 1 aliphatic heterocycles. The van der Waals surface area contributed by atoms with Gasteiger partial charge in [0.1, 0.15) is 5.75 Å². The monoisotopic (exact) mass is 446 g/mol. The molecule has 6 nitrogen and oxygen atoms in total. The van der Waals surface area contributed by atoms with Gasteiger partial charge in [-0.3, -0.25) is 9.59 Å². The number of amides is 2. The number of benzene rings is 2. The van der Waals surface area contributed by atoms with E-state index in [0.29, 0.717) is 37.6 Å². The van der Waals surface area contributed by atoms with Gasteiger partial charge in [-0.15, -0.1) is 0 Å². The largest absolute Gasteiger partial charge is 0.483 e. The van der Waals surface area contributed by atoms with Gasteiger partial charge >= 0.3 is 0 Å². The molecule has 148 valence electrons. The van der Waals surface area contributed by atoms with Gasteiger partial charge in [-0.25, -0.2) is 0 Å². The summed E-state index contributed by atoms with van der Waals surface area (Å²) in [7, 11) is 0. The fraction of sp³-hybridized carbons (Fsp3) is 0.333. The number of anilines is 1. The third-order valence-corrected chi connectivity index (χ3v) is 5.04. The molecule has 0 aliphatic carbocycles. The lowest BCUT2D eigenvalue weighted by atomic mass is 10.1. The molecule has 0 saturated carbocycles. The van der Waals surface area contributed by atoms with Crippen LogP contribution >= 0.6 is 15.9 Å². The lowest BCUT2D eigenvalue weighted by molar-refractivity contribution is -0.137. The van der Waals surface area contributed by atoms with E-state index in [1.165, 1.54) is 0 Å². The molecule has 1 fully saturated rings. The van der Waals surface area contributed by atoms with E-state index in [1.807, 2.05) is 26.0 Å². The normalized spacial score (nSPS) is 13.9. The zero-order valence-corrected chi connectivity index (χ0v) is 17.5. The third kappa shape index (κ3) is 4.91. The minimum Gasteiger partial charge on any atom is -0.483 e. The summed E-state index contributed by atoms with van der Waals surface area (Å²) in [4.78, 5) is 26.9. The van der Waals surface area contributed by atoms with Crippen molar-refractivity contribution in [3.63, 3.8) is 0 Å². The molecule has 0 atom stereocenters. The van der Waals surface area contributed by atoms with Crippen molar-refractivity contribution in [1.29, 1.82) is 0 Å². The lowest BCUT2D eigenvalue weighted by Gasteiger charge is -2.26. The van der Waals surface area contributed by atoms with Gasteiger partial charge in [0.15, 0.2) is 6.61 Å². The molecule has 0 radical (unpaired) electrons. The predicted molar refractivity (Wildman–Crippen MR) is 111 cm³/mol. The number of nitrogens with zero attached hydrogens (tertiary/aromatic N) is 1. The summed E-state index contributed by atoms with van der Waals surface area (Å²) in [5, 5.41) is 2.96. The Labute approximate surface area is 172 Å². The standard InChI is InChI=1S/C21H23BrN2O4/c1-14-11-16(22)12-15(2)20(14)23-21(26)17-5-3-4-6-18(17)28-13-19(25)24-7-9-27-10-8-24/h3-6,11-12H,7-10,13H2,1-2H3,(H,23,26). The van der Waals surface area contributed by atoms with Crippen molar-refractivity contribution in [1.82, 2.24) is 4.90 Å². The first-order chi connectivity index (χ1) is 13.5. The Bertz CT molecular complexity index is 855. The lowest BCUT2D eigenvalue weighted by Crippen LogP contribution is -2.43. The van der Waals surface area contributed by atoms with Gasteiger partial charge < -0.3 is 19.7 Å². The van der Waals surface area contributed by atoms with Gasteiger partial charge in [0, 0.05) is 23.2 Å². The number of aryl methyl sites for hydroxylation is 2. The van der Waals surface area contributed by atoms with Crippen LogP contribution in [-0.4, -0.2) is 49.6 Å². The highest BCUT2D eigenvalue weighted by molar-refractivity contribution is 9.10. The van der Waals surface area contributed by atoms with Crippen LogP contribution in [0.2, 0.25) is 0 Å². The van der Waals surface area contributed by atoms with Crippen LogP contribution in [0.15, 0.2) is 40.9 Å². The molecule has 1 N–H and O–H groups in total. The Morgan fingerprint density at radius 1 is 1.14 bits per heavy atom. The van der Waals surface area contributed by atoms with Crippen molar-refractivity contribution in [2.45, 2.75) is 13.8 Å². The van der Waals surface area contributed by atoms with Crippen LogP contribution in [0.4, 0.5) is 5.69 Å². The first kappa shape index (κ1) is 20.4. The molecule has 28 heavy (non-hydrogen) atoms. The average molecular weight is 447 g/mol. The van der Waals surface area contributed by atoms with E-state index in [1.54, 1.807) is 29.2 Å². The fourth-order valence-corrected chi connectivity index (χ4v) is 3.80. The predicted octanol–water partition coefficient (Wildman–Crippen LogP) is 3.56. The summed E-state index contributed by atoms with van der Waals surface area (Å²) in [6, 6.07) is 10.8. The van der Waals surface area contributed by atoms with Gasteiger partial charge in [0.05, 0.1) is 18.8 Å². The molecule has 0 spiro atoms. The number of morpholine rings is 1. The maximum Gasteiger partial charge on any atom is 0.260 e. The van der Waals surface area contributed by atoms with Crippen LogP contribution in [0.1, 0.15) is 21.5 Å². The van der Waals surface area contributed by atoms with Crippen LogP contribution < -0.4 is 10.1 Å². The second-order valence-corrected chi connectivity index (χ2v) is 7.56. The van der Waals surface area contributed by atoms with Crippen LogP contribution in [0.3, 0.4) is 0 Å². The van der Waals surface area contributed by atoms with Crippen LogP contribution in [-0.2, 0) is 9.53 Å². The summed E-state index contributed by atoms with van der Waals surface area (Å²) in [5.41, 5.74) is 3.08. The highest BCUT2D eigenvalue weighted by Crippen LogP contribution is 2.27. The van der Waals surface area contributed by atoms with Gasteiger partial charge in [-0.1, -0.05) is 28.1 Å². The molecule has 2 amide bonds. The minimum atomic E-state index is -0.275. The maximum absolute atomic E-state index is 12.9. The highest BCUT2D eigenvalue weighted by Gasteiger charge is 2.19. The number of nitrogens with one attached hydrogen (secondary N) is 1. The summed E-state index contributed by atoms with van der Waals surface area (Å²) in [6.45, 7) is 5.97. The molecule has 2 aromatic rings. The Morgan fingerprint density at radius 2 is 1.79 bits per heavy atom. The molecule has 0 bridgehead atoms. The summed E-state index contributed by atoms with van der Waals surface area (Å²) in [5.74, 6) is -0.00455. The maximum atomic E-state index is 12.9. The smallest absolute Gasteiger partial charge is 0.260 e. The van der Waals surface area contributed by atoms with Crippen molar-refractivity contribution >= 4 is 33.4 Å². The summed E-state index contributed by atoms with van der Waals surface area (Å²) >= 11 is 3.46. The number of rotatable bonds is 5. The van der Waals surface area contributed by atoms with Gasteiger partial charge in [-0.2, -0.15) is 0 Å². The van der Waals surface area contributed by atoms with Crippen LogP contribution in [0, 0.1) is 13.8 Å². The average Bonchev–Trinajstić information content (AvgIpc) is 2.69. The zero-order valence-electron chi connectivity index (χ0n) is 16.0. The minimum absolute atomic E-state index is 0.110. The first-order valence-electron chi connectivity index (χ1n) is 9.11. The number of hydrogen-bond acceptors (Lipinski definition) is 4. The molecule has 0 aromatic heterocycles. The molecule has 7 heteroatoms. The number of hydrogen-bond donors (Lipinski definition) is 1. The highest BCUT2D eigenvalue weighted by atomic mass is 79.9. The quantitative estimate of drug-likeness (QED) is 0.762. The van der Waals surface area contributed by atoms with E-state index < -0.39 is 0 Å². The first-order valence-corrected chi connectivity index (χ1v) is 9.90. The topological polar surface area (TPSA) is 67.9 Å². The van der Waals surface area contributed by atoms with Gasteiger partial charge in [0.25, 0.3) is 11.8 Å². The van der Waals surface area contributed by atoms with Crippen molar-refractivity contribution < 1.29 is 19.1 Å². The molecule has 0 unspecified atom stereocenters. The molecule has 3 rings (SSSR count). The Balaban J connectivity index is 1.71. The molecule has 2 aromatic carbocycles. The van der Waals surface area contributed by atoms with E-state index in [0.717, 1.165) is 21.3 Å². The second kappa shape index (κ2) is 9.21. The van der Waals surface area contributed by atoms with Crippen molar-refractivity contribution in [2.24, 2.45) is 0 Å². The van der Waals surface area contributed by atoms with E-state index in [9.17, 15) is 9.59 Å². The zero-order chi connectivity index (χ0) is 20.1. The number of carbonyl (C=O) groups is 2. The fourth-order valence-electron chi connectivity index (χ4n) is 3.11. The molecule has 1 saturated heterocycles. The summed E-state index contributed by atoms with van der Waals surface area (Å²) < 4.78 is 11.9. The third-order valence-electron chi connectivity index (χ3n) is 4.58. The van der Waals surface area contributed by atoms with Crippen LogP contribution in [0.5, 0.6) is 5.75 Å². The number of ether oxygens (including phenoxy) is 2. The second-order valence-electron chi connectivity index (χ2n) is 6.65. The Kier molecular flexibility index (Phi) is 6.70. The summed E-state index contributed by atoms with van der Waals surface area (Å²) in [6.07, 6.45) is 0. The van der Waals surface area contributed by atoms with Crippen molar-refractivity contribution in [2.75, 3.05) is 38.2 Å². The van der Waals surface area contributed by atoms with Crippen molar-refractivity contribution in [3.05, 3.63) is 57.6 Å².